The van der Waals surface area contributed by atoms with Crippen LogP contribution in [-0.2, 0) is 6.54 Å². The Hall–Kier alpha value is -3.02. The van der Waals surface area contributed by atoms with Gasteiger partial charge in [-0.25, -0.2) is 14.6 Å². The minimum atomic E-state index is 0.0350. The van der Waals surface area contributed by atoms with Gasteiger partial charge in [0.05, 0.1) is 0 Å². The molecule has 0 saturated heterocycles. The van der Waals surface area contributed by atoms with Gasteiger partial charge in [0.25, 0.3) is 5.91 Å². The van der Waals surface area contributed by atoms with Crippen molar-refractivity contribution in [3.8, 4) is 5.82 Å². The van der Waals surface area contributed by atoms with Crippen molar-refractivity contribution in [2.75, 3.05) is 0 Å². The van der Waals surface area contributed by atoms with Crippen molar-refractivity contribution >= 4 is 5.91 Å². The number of aryl methyl sites for hydroxylation is 1. The van der Waals surface area contributed by atoms with Gasteiger partial charge in [0.15, 0.2) is 5.82 Å². The third kappa shape index (κ3) is 3.42. The molecule has 0 radical (unpaired) electrons. The van der Waals surface area contributed by atoms with Crippen molar-refractivity contribution in [2.24, 2.45) is 0 Å². The molecule has 0 atom stereocenters. The smallest absolute Gasteiger partial charge is 0.254 e. The minimum Gasteiger partial charge on any atom is -0.331 e. The molecule has 0 unspecified atom stereocenters. The number of amides is 1. The quantitative estimate of drug-likeness (QED) is 0.720. The first kappa shape index (κ1) is 15.5. The number of pyridine rings is 1. The lowest BCUT2D eigenvalue weighted by Crippen LogP contribution is -2.32. The Bertz CT molecular complexity index is 886. The maximum atomic E-state index is 13.1. The lowest BCUT2D eigenvalue weighted by molar-refractivity contribution is 0.0729. The van der Waals surface area contributed by atoms with Crippen LogP contribution in [0.25, 0.3) is 5.82 Å². The summed E-state index contributed by atoms with van der Waals surface area (Å²) in [6.45, 7) is 2.70. The second-order valence-corrected chi connectivity index (χ2v) is 6.40. The molecular weight excluding hydrogens is 314 g/mol. The van der Waals surface area contributed by atoms with E-state index >= 15 is 0 Å². The lowest BCUT2D eigenvalue weighted by Gasteiger charge is -2.23. The SMILES string of the molecule is Cc1cccc(CN(C(=O)c2ccnc(-n3cncn3)c2)C2CC2)c1. The number of hydrogen-bond donors (Lipinski definition) is 0. The molecule has 1 saturated carbocycles. The molecule has 2 heterocycles. The Balaban J connectivity index is 1.60. The van der Waals surface area contributed by atoms with E-state index in [9.17, 15) is 4.79 Å². The minimum absolute atomic E-state index is 0.0350. The van der Waals surface area contributed by atoms with Gasteiger partial charge in [-0.2, -0.15) is 5.10 Å². The first-order valence-electron chi connectivity index (χ1n) is 8.38. The number of aromatic nitrogens is 4. The molecule has 4 rings (SSSR count). The van der Waals surface area contributed by atoms with E-state index in [2.05, 4.69) is 40.2 Å². The van der Waals surface area contributed by atoms with Crippen LogP contribution in [0.2, 0.25) is 0 Å². The molecule has 0 bridgehead atoms. The van der Waals surface area contributed by atoms with E-state index in [0.29, 0.717) is 24.0 Å². The zero-order valence-corrected chi connectivity index (χ0v) is 14.0. The van der Waals surface area contributed by atoms with Crippen molar-refractivity contribution in [1.82, 2.24) is 24.6 Å². The number of carbonyl (C=O) groups excluding carboxylic acids is 1. The summed E-state index contributed by atoms with van der Waals surface area (Å²) in [5.74, 6) is 0.627. The van der Waals surface area contributed by atoms with Gasteiger partial charge < -0.3 is 4.90 Å². The van der Waals surface area contributed by atoms with Crippen molar-refractivity contribution < 1.29 is 4.79 Å². The normalized spacial score (nSPS) is 13.6. The Morgan fingerprint density at radius 2 is 2.16 bits per heavy atom. The third-order valence-electron chi connectivity index (χ3n) is 4.33. The monoisotopic (exact) mass is 333 g/mol. The summed E-state index contributed by atoms with van der Waals surface area (Å²) in [7, 11) is 0. The van der Waals surface area contributed by atoms with E-state index in [1.165, 1.54) is 11.9 Å². The number of rotatable bonds is 5. The fourth-order valence-corrected chi connectivity index (χ4v) is 2.93. The van der Waals surface area contributed by atoms with Gasteiger partial charge in [-0.15, -0.1) is 0 Å². The second-order valence-electron chi connectivity index (χ2n) is 6.40. The summed E-state index contributed by atoms with van der Waals surface area (Å²) in [6.07, 6.45) is 6.80. The zero-order chi connectivity index (χ0) is 17.2. The lowest BCUT2D eigenvalue weighted by atomic mass is 10.1. The average molecular weight is 333 g/mol. The molecular formula is C19H19N5O. The molecule has 0 aliphatic heterocycles. The summed E-state index contributed by atoms with van der Waals surface area (Å²) >= 11 is 0. The molecule has 3 aromatic rings. The Morgan fingerprint density at radius 3 is 2.88 bits per heavy atom. The van der Waals surface area contributed by atoms with E-state index in [4.69, 9.17) is 0 Å². The van der Waals surface area contributed by atoms with Gasteiger partial charge in [0, 0.05) is 24.3 Å². The highest BCUT2D eigenvalue weighted by Crippen LogP contribution is 2.30. The van der Waals surface area contributed by atoms with Crippen molar-refractivity contribution in [3.63, 3.8) is 0 Å². The highest BCUT2D eigenvalue weighted by Gasteiger charge is 2.33. The molecule has 1 aliphatic rings. The molecule has 126 valence electrons. The molecule has 0 N–H and O–H groups in total. The van der Waals surface area contributed by atoms with Crippen molar-refractivity contribution in [1.29, 1.82) is 0 Å². The van der Waals surface area contributed by atoms with Crippen molar-refractivity contribution in [2.45, 2.75) is 32.4 Å². The van der Waals surface area contributed by atoms with E-state index in [0.717, 1.165) is 18.4 Å². The number of nitrogens with zero attached hydrogens (tertiary/aromatic N) is 5. The van der Waals surface area contributed by atoms with Gasteiger partial charge in [0.1, 0.15) is 12.7 Å². The summed E-state index contributed by atoms with van der Waals surface area (Å²) in [5.41, 5.74) is 2.99. The van der Waals surface area contributed by atoms with Crippen LogP contribution < -0.4 is 0 Å². The largest absolute Gasteiger partial charge is 0.331 e. The molecule has 1 aliphatic carbocycles. The van der Waals surface area contributed by atoms with Crippen molar-refractivity contribution in [3.05, 3.63) is 71.9 Å². The van der Waals surface area contributed by atoms with Gasteiger partial charge in [-0.1, -0.05) is 29.8 Å². The standard InChI is InChI=1S/C19H19N5O/c1-14-3-2-4-15(9-14)11-23(17-5-6-17)19(25)16-7-8-21-18(10-16)24-13-20-12-22-24/h2-4,7-10,12-13,17H,5-6,11H2,1H3. The van der Waals surface area contributed by atoms with Gasteiger partial charge >= 0.3 is 0 Å². The van der Waals surface area contributed by atoms with Gasteiger partial charge in [0.2, 0.25) is 0 Å². The Labute approximate surface area is 146 Å². The van der Waals surface area contributed by atoms with Crippen LogP contribution in [0.5, 0.6) is 0 Å². The predicted octanol–water partition coefficient (Wildman–Crippen LogP) is 2.78. The van der Waals surface area contributed by atoms with Crippen LogP contribution in [0, 0.1) is 6.92 Å². The zero-order valence-electron chi connectivity index (χ0n) is 14.0. The van der Waals surface area contributed by atoms with E-state index in [1.54, 1.807) is 29.3 Å². The van der Waals surface area contributed by atoms with Crippen LogP contribution >= 0.6 is 0 Å². The molecule has 1 fully saturated rings. The maximum Gasteiger partial charge on any atom is 0.254 e. The topological polar surface area (TPSA) is 63.9 Å². The molecule has 25 heavy (non-hydrogen) atoms. The van der Waals surface area contributed by atoms with Crippen LogP contribution in [-0.4, -0.2) is 36.6 Å². The molecule has 1 amide bonds. The Kier molecular flexibility index (Phi) is 4.01. The molecule has 6 heteroatoms. The highest BCUT2D eigenvalue weighted by molar-refractivity contribution is 5.95. The summed E-state index contributed by atoms with van der Waals surface area (Å²) in [6, 6.07) is 12.2. The fraction of sp³-hybridized carbons (Fsp3) is 0.263. The Morgan fingerprint density at radius 1 is 1.28 bits per heavy atom. The number of carbonyl (C=O) groups is 1. The maximum absolute atomic E-state index is 13.1. The molecule has 6 nitrogen and oxygen atoms in total. The van der Waals surface area contributed by atoms with Crippen LogP contribution in [0.1, 0.15) is 34.3 Å². The van der Waals surface area contributed by atoms with Gasteiger partial charge in [-0.3, -0.25) is 4.79 Å². The number of benzene rings is 1. The van der Waals surface area contributed by atoms with Crippen LogP contribution in [0.3, 0.4) is 0 Å². The third-order valence-corrected chi connectivity index (χ3v) is 4.33. The first-order valence-corrected chi connectivity index (χ1v) is 8.38. The second kappa shape index (κ2) is 6.47. The first-order chi connectivity index (χ1) is 12.2. The summed E-state index contributed by atoms with van der Waals surface area (Å²) in [5, 5.41) is 4.07. The molecule has 0 spiro atoms. The molecule has 2 aromatic heterocycles. The van der Waals surface area contributed by atoms with E-state index in [-0.39, 0.29) is 5.91 Å². The van der Waals surface area contributed by atoms with Crippen LogP contribution in [0.15, 0.2) is 55.2 Å². The van der Waals surface area contributed by atoms with E-state index in [1.807, 2.05) is 11.0 Å². The average Bonchev–Trinajstić information content (AvgIpc) is 3.32. The highest BCUT2D eigenvalue weighted by atomic mass is 16.2. The van der Waals surface area contributed by atoms with E-state index < -0.39 is 0 Å². The molecule has 1 aromatic carbocycles. The predicted molar refractivity (Wildman–Crippen MR) is 93.2 cm³/mol. The fourth-order valence-electron chi connectivity index (χ4n) is 2.93. The van der Waals surface area contributed by atoms with Gasteiger partial charge in [-0.05, 0) is 37.5 Å². The summed E-state index contributed by atoms with van der Waals surface area (Å²) < 4.78 is 1.55. The summed E-state index contributed by atoms with van der Waals surface area (Å²) in [4.78, 5) is 23.3. The number of hydrogen-bond acceptors (Lipinski definition) is 4. The van der Waals surface area contributed by atoms with Crippen LogP contribution in [0.4, 0.5) is 0 Å².